The molecule has 0 heterocycles. The Bertz CT molecular complexity index is 162. The van der Waals surface area contributed by atoms with Crippen LogP contribution in [-0.4, -0.2) is 21.7 Å². The zero-order valence-corrected chi connectivity index (χ0v) is 6.02. The Kier molecular flexibility index (Phi) is 2.89. The predicted octanol–water partition coefficient (Wildman–Crippen LogP) is 0.298. The molecule has 0 aliphatic heterocycles. The Morgan fingerprint density at radius 2 is 1.90 bits per heavy atom. The summed E-state index contributed by atoms with van der Waals surface area (Å²) in [6.07, 6.45) is -1.80. The molecule has 10 heavy (non-hydrogen) atoms. The van der Waals surface area contributed by atoms with Gasteiger partial charge in [0.15, 0.2) is 0 Å². The molecule has 0 unspecified atom stereocenters. The number of nitrogens with two attached hydrogens (primary N) is 1. The van der Waals surface area contributed by atoms with Gasteiger partial charge in [0, 0.05) is 0 Å². The molecule has 0 amide bonds. The first-order valence-electron chi connectivity index (χ1n) is 1.96. The first-order chi connectivity index (χ1) is 4.34. The second-order valence-corrected chi connectivity index (χ2v) is 2.66. The molecule has 0 atom stereocenters. The highest BCUT2D eigenvalue weighted by Crippen LogP contribution is 2.14. The maximum atomic E-state index is 10.3. The standard InChI is InChI=1S/C3H3Cl2NO4/c4-3(5,6)1(7)10-2(8)9/h6H2,(H,8,9). The summed E-state index contributed by atoms with van der Waals surface area (Å²) in [5, 5.41) is 7.83. The fraction of sp³-hybridized carbons (Fsp3) is 0.333. The van der Waals surface area contributed by atoms with Crippen molar-refractivity contribution in [1.82, 2.24) is 0 Å². The fourth-order valence-corrected chi connectivity index (χ4v) is 0.224. The van der Waals surface area contributed by atoms with Gasteiger partial charge >= 0.3 is 12.1 Å². The van der Waals surface area contributed by atoms with Gasteiger partial charge in [0.2, 0.25) is 0 Å². The minimum absolute atomic E-state index is 1.43. The number of alkyl halides is 2. The van der Waals surface area contributed by atoms with Crippen molar-refractivity contribution >= 4 is 35.3 Å². The van der Waals surface area contributed by atoms with Crippen LogP contribution in [0.3, 0.4) is 0 Å². The second-order valence-electron chi connectivity index (χ2n) is 1.28. The minimum atomic E-state index is -2.31. The molecule has 0 fully saturated rings. The second kappa shape index (κ2) is 3.05. The molecule has 0 saturated heterocycles. The van der Waals surface area contributed by atoms with Gasteiger partial charge in [-0.15, -0.1) is 0 Å². The topological polar surface area (TPSA) is 89.6 Å². The SMILES string of the molecule is NC(Cl)(Cl)C(=O)OC(=O)O. The zero-order valence-electron chi connectivity index (χ0n) is 4.51. The molecular formula is C3H3Cl2NO4. The van der Waals surface area contributed by atoms with Gasteiger partial charge in [-0.3, -0.25) is 5.73 Å². The predicted molar refractivity (Wildman–Crippen MR) is 32.7 cm³/mol. The molecule has 0 aliphatic carbocycles. The third-order valence-corrected chi connectivity index (χ3v) is 0.761. The van der Waals surface area contributed by atoms with Crippen LogP contribution in [0.25, 0.3) is 0 Å². The fourth-order valence-electron chi connectivity index (χ4n) is 0.147. The van der Waals surface area contributed by atoms with Crippen LogP contribution < -0.4 is 5.73 Å². The number of carbonyl (C=O) groups excluding carboxylic acids is 1. The molecule has 58 valence electrons. The van der Waals surface area contributed by atoms with E-state index in [0.717, 1.165) is 0 Å². The van der Waals surface area contributed by atoms with Gasteiger partial charge < -0.3 is 9.84 Å². The third kappa shape index (κ3) is 3.49. The number of carboxylic acid groups (broad SMARTS) is 1. The van der Waals surface area contributed by atoms with E-state index in [0.29, 0.717) is 0 Å². The molecule has 3 N–H and O–H groups in total. The van der Waals surface area contributed by atoms with E-state index in [1.54, 1.807) is 0 Å². The summed E-state index contributed by atoms with van der Waals surface area (Å²) in [7, 11) is 0. The van der Waals surface area contributed by atoms with Crippen molar-refractivity contribution in [2.75, 3.05) is 0 Å². The van der Waals surface area contributed by atoms with Crippen molar-refractivity contribution in [2.45, 2.75) is 4.46 Å². The molecule has 5 nitrogen and oxygen atoms in total. The first kappa shape index (κ1) is 9.48. The Labute approximate surface area is 65.6 Å². The Morgan fingerprint density at radius 1 is 1.50 bits per heavy atom. The lowest BCUT2D eigenvalue weighted by Gasteiger charge is -2.07. The van der Waals surface area contributed by atoms with Crippen molar-refractivity contribution in [1.29, 1.82) is 0 Å². The normalized spacial score (nSPS) is 10.7. The van der Waals surface area contributed by atoms with Crippen molar-refractivity contribution in [2.24, 2.45) is 5.73 Å². The molecule has 0 bridgehead atoms. The van der Waals surface area contributed by atoms with Crippen LogP contribution in [-0.2, 0) is 9.53 Å². The molecule has 7 heteroatoms. The Hall–Kier alpha value is -0.520. The van der Waals surface area contributed by atoms with E-state index in [-0.39, 0.29) is 0 Å². The van der Waals surface area contributed by atoms with E-state index in [1.807, 2.05) is 0 Å². The molecule has 0 aliphatic rings. The average molecular weight is 188 g/mol. The number of ether oxygens (including phenoxy) is 1. The van der Waals surface area contributed by atoms with Crippen molar-refractivity contribution in [3.63, 3.8) is 0 Å². The Balaban J connectivity index is 3.99. The van der Waals surface area contributed by atoms with Crippen molar-refractivity contribution in [3.8, 4) is 0 Å². The number of rotatable bonds is 1. The summed E-state index contributed by atoms with van der Waals surface area (Å²) in [5.41, 5.74) is 4.72. The number of carbonyl (C=O) groups is 2. The maximum absolute atomic E-state index is 10.3. The summed E-state index contributed by atoms with van der Waals surface area (Å²) in [6, 6.07) is 0. The molecular weight excluding hydrogens is 185 g/mol. The van der Waals surface area contributed by atoms with E-state index in [2.05, 4.69) is 4.74 Å². The lowest BCUT2D eigenvalue weighted by atomic mass is 10.7. The molecule has 0 saturated carbocycles. The van der Waals surface area contributed by atoms with E-state index >= 15 is 0 Å². The van der Waals surface area contributed by atoms with Gasteiger partial charge in [0.1, 0.15) is 0 Å². The quantitative estimate of drug-likeness (QED) is 0.267. The lowest BCUT2D eigenvalue weighted by molar-refractivity contribution is -0.139. The smallest absolute Gasteiger partial charge is 0.449 e. The number of halogens is 2. The monoisotopic (exact) mass is 187 g/mol. The largest absolute Gasteiger partial charge is 0.513 e. The van der Waals surface area contributed by atoms with E-state index < -0.39 is 16.6 Å². The van der Waals surface area contributed by atoms with Crippen molar-refractivity contribution < 1.29 is 19.4 Å². The molecule has 0 rings (SSSR count). The highest BCUT2D eigenvalue weighted by molar-refractivity contribution is 6.57. The van der Waals surface area contributed by atoms with Crippen LogP contribution in [0.15, 0.2) is 0 Å². The summed E-state index contributed by atoms with van der Waals surface area (Å²) in [5.74, 6) is -1.43. The zero-order chi connectivity index (χ0) is 8.36. The minimum Gasteiger partial charge on any atom is -0.449 e. The van der Waals surface area contributed by atoms with Crippen LogP contribution >= 0.6 is 23.2 Å². The van der Waals surface area contributed by atoms with E-state index in [9.17, 15) is 9.59 Å². The van der Waals surface area contributed by atoms with Gasteiger partial charge in [-0.25, -0.2) is 9.59 Å². The maximum Gasteiger partial charge on any atom is 0.513 e. The van der Waals surface area contributed by atoms with Gasteiger partial charge in [-0.1, -0.05) is 23.2 Å². The first-order valence-corrected chi connectivity index (χ1v) is 2.71. The van der Waals surface area contributed by atoms with E-state index in [1.165, 1.54) is 0 Å². The number of esters is 1. The highest BCUT2D eigenvalue weighted by atomic mass is 35.5. The van der Waals surface area contributed by atoms with Crippen molar-refractivity contribution in [3.05, 3.63) is 0 Å². The van der Waals surface area contributed by atoms with Gasteiger partial charge in [0.25, 0.3) is 4.46 Å². The summed E-state index contributed by atoms with van der Waals surface area (Å²) in [6.45, 7) is 0. The highest BCUT2D eigenvalue weighted by Gasteiger charge is 2.32. The summed E-state index contributed by atoms with van der Waals surface area (Å²) < 4.78 is 1.20. The molecule has 0 spiro atoms. The molecule has 0 aromatic heterocycles. The van der Waals surface area contributed by atoms with Gasteiger partial charge in [-0.05, 0) is 0 Å². The Morgan fingerprint density at radius 3 is 2.00 bits per heavy atom. The van der Waals surface area contributed by atoms with Crippen LogP contribution in [0.1, 0.15) is 0 Å². The number of hydrogen-bond acceptors (Lipinski definition) is 4. The third-order valence-electron chi connectivity index (χ3n) is 0.452. The van der Waals surface area contributed by atoms with E-state index in [4.69, 9.17) is 34.0 Å². The summed E-state index contributed by atoms with van der Waals surface area (Å²) >= 11 is 9.87. The van der Waals surface area contributed by atoms with Crippen LogP contribution in [0.2, 0.25) is 0 Å². The summed E-state index contributed by atoms with van der Waals surface area (Å²) in [4.78, 5) is 19.9. The average Bonchev–Trinajstić information content (AvgIpc) is 1.60. The van der Waals surface area contributed by atoms with Crippen LogP contribution in [0.4, 0.5) is 4.79 Å². The van der Waals surface area contributed by atoms with Crippen LogP contribution in [0.5, 0.6) is 0 Å². The molecule has 0 aromatic carbocycles. The van der Waals surface area contributed by atoms with Crippen LogP contribution in [0, 0.1) is 0 Å². The van der Waals surface area contributed by atoms with Gasteiger partial charge in [0.05, 0.1) is 0 Å². The molecule has 0 aromatic rings. The number of hydrogen-bond donors (Lipinski definition) is 2. The van der Waals surface area contributed by atoms with Gasteiger partial charge in [-0.2, -0.15) is 0 Å². The molecule has 0 radical (unpaired) electrons. The lowest BCUT2D eigenvalue weighted by Crippen LogP contribution is -2.38.